The maximum Gasteiger partial charge on any atom is 0.253 e. The van der Waals surface area contributed by atoms with Crippen LogP contribution in [0.5, 0.6) is 0 Å². The Morgan fingerprint density at radius 2 is 1.93 bits per heavy atom. The summed E-state index contributed by atoms with van der Waals surface area (Å²) in [6, 6.07) is 5.52. The van der Waals surface area contributed by atoms with Gasteiger partial charge in [-0.1, -0.05) is 17.7 Å². The van der Waals surface area contributed by atoms with E-state index < -0.39 is 23.9 Å². The summed E-state index contributed by atoms with van der Waals surface area (Å²) in [7, 11) is 0. The van der Waals surface area contributed by atoms with Crippen LogP contribution >= 0.6 is 11.6 Å². The summed E-state index contributed by atoms with van der Waals surface area (Å²) in [5, 5.41) is 14.3. The highest BCUT2D eigenvalue weighted by atomic mass is 35.5. The van der Waals surface area contributed by atoms with Gasteiger partial charge in [-0.05, 0) is 50.9 Å². The van der Waals surface area contributed by atoms with Gasteiger partial charge in [-0.25, -0.2) is 8.78 Å². The summed E-state index contributed by atoms with van der Waals surface area (Å²) < 4.78 is 29.5. The lowest BCUT2D eigenvalue weighted by molar-refractivity contribution is -0.121. The van der Waals surface area contributed by atoms with E-state index in [0.717, 1.165) is 31.7 Å². The van der Waals surface area contributed by atoms with Crippen LogP contribution in [0.15, 0.2) is 24.4 Å². The molecule has 1 unspecified atom stereocenters. The molecule has 1 aliphatic carbocycles. The van der Waals surface area contributed by atoms with E-state index in [4.69, 9.17) is 11.6 Å². The van der Waals surface area contributed by atoms with Crippen LogP contribution < -0.4 is 5.32 Å². The van der Waals surface area contributed by atoms with Gasteiger partial charge in [0, 0.05) is 44.1 Å². The van der Waals surface area contributed by atoms with E-state index in [2.05, 4.69) is 10.2 Å². The molecule has 5 nitrogen and oxygen atoms in total. The number of likely N-dealkylation sites (tertiary alicyclic amines) is 1. The van der Waals surface area contributed by atoms with E-state index >= 15 is 0 Å². The van der Waals surface area contributed by atoms with Crippen LogP contribution in [0, 0.1) is 0 Å². The van der Waals surface area contributed by atoms with Crippen LogP contribution in [0.3, 0.4) is 0 Å². The van der Waals surface area contributed by atoms with E-state index in [1.807, 2.05) is 16.7 Å². The van der Waals surface area contributed by atoms with Crippen molar-refractivity contribution in [1.29, 1.82) is 0 Å². The van der Waals surface area contributed by atoms with Crippen LogP contribution in [-0.4, -0.2) is 58.2 Å². The predicted molar refractivity (Wildman–Crippen MR) is 113 cm³/mol. The minimum Gasteiger partial charge on any atom is -0.388 e. The quantitative estimate of drug-likeness (QED) is 0.713. The molecule has 30 heavy (non-hydrogen) atoms. The first-order chi connectivity index (χ1) is 14.3. The van der Waals surface area contributed by atoms with Crippen LogP contribution in [0.1, 0.15) is 48.9 Å². The number of rotatable bonds is 6. The Morgan fingerprint density at radius 3 is 2.67 bits per heavy atom. The van der Waals surface area contributed by atoms with Gasteiger partial charge in [0.25, 0.3) is 11.8 Å². The molecule has 0 radical (unpaired) electrons. The molecule has 0 bridgehead atoms. The summed E-state index contributed by atoms with van der Waals surface area (Å²) in [5.74, 6) is -3.30. The largest absolute Gasteiger partial charge is 0.388 e. The van der Waals surface area contributed by atoms with Gasteiger partial charge in [0.05, 0.1) is 21.7 Å². The highest BCUT2D eigenvalue weighted by Gasteiger charge is 2.44. The number of hydrogen-bond acceptors (Lipinski definition) is 3. The normalized spacial score (nSPS) is 24.4. The molecule has 1 aliphatic heterocycles. The smallest absolute Gasteiger partial charge is 0.253 e. The Bertz CT molecular complexity index is 926. The Morgan fingerprint density at radius 1 is 1.17 bits per heavy atom. The predicted octanol–water partition coefficient (Wildman–Crippen LogP) is 4.06. The van der Waals surface area contributed by atoms with E-state index in [-0.39, 0.29) is 25.8 Å². The zero-order chi connectivity index (χ0) is 21.4. The van der Waals surface area contributed by atoms with Gasteiger partial charge in [-0.15, -0.1) is 0 Å². The number of amides is 1. The summed E-state index contributed by atoms with van der Waals surface area (Å²) in [6.07, 6.45) is 3.85. The minimum atomic E-state index is -2.90. The molecule has 2 aliphatic rings. The number of aliphatic hydroxyl groups is 1. The van der Waals surface area contributed by atoms with Crippen molar-refractivity contribution in [3.05, 3.63) is 35.0 Å². The molecular formula is C22H28ClF2N3O2. The molecule has 2 fully saturated rings. The van der Waals surface area contributed by atoms with E-state index in [1.54, 1.807) is 12.3 Å². The number of aromatic nitrogens is 1. The fourth-order valence-corrected chi connectivity index (χ4v) is 5.02. The SMILES string of the molecule is O=C(NCC1(O)CCCC(F)(F)C1)c1cn(CCN2CCCC2)c2cccc(Cl)c12. The standard InChI is InChI=1S/C22H28ClF2N3O2/c23-17-5-3-6-18-19(17)16(13-28(18)12-11-27-9-1-2-10-27)20(29)26-15-21(30)7-4-8-22(24,25)14-21/h3,5-6,13,30H,1-2,4,7-12,14-15H2,(H,26,29). The molecule has 8 heteroatoms. The number of halogens is 3. The fraction of sp³-hybridized carbons (Fsp3) is 0.591. The number of carbonyl (C=O) groups excluding carboxylic acids is 1. The van der Waals surface area contributed by atoms with Crippen molar-refractivity contribution in [2.24, 2.45) is 0 Å². The number of benzene rings is 1. The van der Waals surface area contributed by atoms with Gasteiger partial charge in [0.1, 0.15) is 0 Å². The highest BCUT2D eigenvalue weighted by molar-refractivity contribution is 6.36. The molecule has 1 saturated heterocycles. The zero-order valence-electron chi connectivity index (χ0n) is 17.0. The van der Waals surface area contributed by atoms with Gasteiger partial charge >= 0.3 is 0 Å². The van der Waals surface area contributed by atoms with Crippen molar-refractivity contribution in [3.63, 3.8) is 0 Å². The number of nitrogens with zero attached hydrogens (tertiary/aromatic N) is 2. The van der Waals surface area contributed by atoms with E-state index in [9.17, 15) is 18.7 Å². The molecule has 1 amide bonds. The lowest BCUT2D eigenvalue weighted by Gasteiger charge is -2.36. The third-order valence-electron chi connectivity index (χ3n) is 6.31. The number of alkyl halides is 2. The fourth-order valence-electron chi connectivity index (χ4n) is 4.75. The zero-order valence-corrected chi connectivity index (χ0v) is 17.7. The molecule has 1 aromatic carbocycles. The van der Waals surface area contributed by atoms with Gasteiger partial charge in [0.2, 0.25) is 0 Å². The molecule has 0 spiro atoms. The molecule has 1 saturated carbocycles. The summed E-state index contributed by atoms with van der Waals surface area (Å²) in [4.78, 5) is 15.3. The number of fused-ring (bicyclic) bond motifs is 1. The van der Waals surface area contributed by atoms with Gasteiger partial charge in [-0.2, -0.15) is 0 Å². The van der Waals surface area contributed by atoms with Crippen LogP contribution in [0.25, 0.3) is 10.9 Å². The van der Waals surface area contributed by atoms with Gasteiger partial charge in [-0.3, -0.25) is 4.79 Å². The Kier molecular flexibility index (Phi) is 6.06. The number of hydrogen-bond donors (Lipinski definition) is 2. The minimum absolute atomic E-state index is 0.202. The van der Waals surface area contributed by atoms with Crippen molar-refractivity contribution < 1.29 is 18.7 Å². The lowest BCUT2D eigenvalue weighted by Crippen LogP contribution is -2.49. The van der Waals surface area contributed by atoms with Crippen LogP contribution in [-0.2, 0) is 6.54 Å². The molecule has 2 aromatic rings. The third kappa shape index (κ3) is 4.63. The molecular weight excluding hydrogens is 412 g/mol. The Balaban J connectivity index is 1.51. The summed E-state index contributed by atoms with van der Waals surface area (Å²) in [5.41, 5.74) is -0.312. The van der Waals surface area contributed by atoms with Crippen molar-refractivity contribution >= 4 is 28.4 Å². The van der Waals surface area contributed by atoms with Gasteiger partial charge < -0.3 is 19.9 Å². The van der Waals surface area contributed by atoms with Gasteiger partial charge in [0.15, 0.2) is 0 Å². The average molecular weight is 440 g/mol. The highest BCUT2D eigenvalue weighted by Crippen LogP contribution is 2.39. The molecule has 1 atom stereocenters. The first-order valence-electron chi connectivity index (χ1n) is 10.6. The van der Waals surface area contributed by atoms with Crippen molar-refractivity contribution in [2.75, 3.05) is 26.2 Å². The monoisotopic (exact) mass is 439 g/mol. The second-order valence-electron chi connectivity index (χ2n) is 8.71. The van der Waals surface area contributed by atoms with E-state index in [1.165, 1.54) is 12.8 Å². The van der Waals surface area contributed by atoms with Crippen molar-refractivity contribution in [2.45, 2.75) is 56.6 Å². The second-order valence-corrected chi connectivity index (χ2v) is 9.12. The summed E-state index contributed by atoms with van der Waals surface area (Å²) in [6.45, 7) is 3.62. The van der Waals surface area contributed by atoms with Crippen molar-refractivity contribution in [3.8, 4) is 0 Å². The maximum atomic E-state index is 13.7. The van der Waals surface area contributed by atoms with E-state index in [0.29, 0.717) is 16.0 Å². The third-order valence-corrected chi connectivity index (χ3v) is 6.62. The Labute approximate surface area is 180 Å². The topological polar surface area (TPSA) is 57.5 Å². The molecule has 4 rings (SSSR count). The van der Waals surface area contributed by atoms with Crippen LogP contribution in [0.4, 0.5) is 8.78 Å². The summed E-state index contributed by atoms with van der Waals surface area (Å²) >= 11 is 6.41. The molecule has 164 valence electrons. The first-order valence-corrected chi connectivity index (χ1v) is 11.0. The number of nitrogens with one attached hydrogen (secondary N) is 1. The Hall–Kier alpha value is -1.70. The van der Waals surface area contributed by atoms with Crippen molar-refractivity contribution in [1.82, 2.24) is 14.8 Å². The maximum absolute atomic E-state index is 13.7. The number of carbonyl (C=O) groups is 1. The second kappa shape index (κ2) is 8.44. The lowest BCUT2D eigenvalue weighted by atomic mass is 9.82. The first kappa shape index (κ1) is 21.5. The van der Waals surface area contributed by atoms with Crippen LogP contribution in [0.2, 0.25) is 5.02 Å². The molecule has 2 heterocycles. The molecule has 2 N–H and O–H groups in total. The molecule has 1 aromatic heterocycles. The average Bonchev–Trinajstić information content (AvgIpc) is 3.32.